The van der Waals surface area contributed by atoms with Crippen LogP contribution in [-0.2, 0) is 26.2 Å². The predicted molar refractivity (Wildman–Crippen MR) is 140 cm³/mol. The van der Waals surface area contributed by atoms with E-state index in [2.05, 4.69) is 26.7 Å². The molecule has 204 valence electrons. The van der Waals surface area contributed by atoms with E-state index in [1.165, 1.54) is 34.4 Å². The Morgan fingerprint density at radius 3 is 2.63 bits per heavy atom. The summed E-state index contributed by atoms with van der Waals surface area (Å²) in [5, 5.41) is 0.325. The van der Waals surface area contributed by atoms with E-state index in [4.69, 9.17) is 28.9 Å². The van der Waals surface area contributed by atoms with Gasteiger partial charge in [-0.2, -0.15) is 13.2 Å². The zero-order chi connectivity index (χ0) is 26.5. The van der Waals surface area contributed by atoms with Crippen LogP contribution in [0.25, 0.3) is 5.57 Å². The van der Waals surface area contributed by atoms with Crippen molar-refractivity contribution in [3.8, 4) is 0 Å². The Morgan fingerprint density at radius 2 is 1.95 bits per heavy atom. The number of nitrogens with two attached hydrogens (primary N) is 1. The first-order chi connectivity index (χ1) is 17.5. The minimum absolute atomic E-state index is 0. The third-order valence-electron chi connectivity index (χ3n) is 7.41. The number of nitrogen functional groups attached to an aromatic ring is 1. The SMILES string of the molecule is CN(CCN1CCC2=C(Cc3ccc(Cl)cc32)C1C[n+]1ccc(N)n1C)c1ccc(Cl)c(C(F)(F)F)n1.[Cl-]. The molecule has 1 aliphatic heterocycles. The Balaban J connectivity index is 0.00000336. The van der Waals surface area contributed by atoms with Crippen LogP contribution < -0.4 is 27.7 Å². The fraction of sp³-hybridized carbons (Fsp3) is 0.385. The summed E-state index contributed by atoms with van der Waals surface area (Å²) in [6.45, 7) is 2.69. The fourth-order valence-electron chi connectivity index (χ4n) is 5.32. The first-order valence-electron chi connectivity index (χ1n) is 12.0. The van der Waals surface area contributed by atoms with Crippen molar-refractivity contribution in [3.05, 3.63) is 75.0 Å². The van der Waals surface area contributed by atoms with Gasteiger partial charge in [0.25, 0.3) is 0 Å². The molecule has 2 N–H and O–H groups in total. The highest BCUT2D eigenvalue weighted by molar-refractivity contribution is 6.31. The summed E-state index contributed by atoms with van der Waals surface area (Å²) in [4.78, 5) is 7.95. The minimum Gasteiger partial charge on any atom is -1.00 e. The maximum atomic E-state index is 13.3. The van der Waals surface area contributed by atoms with Crippen molar-refractivity contribution >= 4 is 40.4 Å². The van der Waals surface area contributed by atoms with Crippen LogP contribution >= 0.6 is 23.2 Å². The molecule has 5 rings (SSSR count). The van der Waals surface area contributed by atoms with Gasteiger partial charge >= 0.3 is 6.18 Å². The standard InChI is InChI=1S/C26H27Cl2F3N6.ClH/c1-34(24-6-5-21(28)25(33-24)26(29,30)31)11-12-36-9-7-18-19-14-17(27)4-3-16(19)13-20(18)22(36)15-37-10-8-23(32)35(37)2;/h3-6,8,10,14,22,32H,7,9,11-13,15H2,1-2H3;1H. The molecule has 0 fully saturated rings. The number of pyridine rings is 1. The molecule has 12 heteroatoms. The van der Waals surface area contributed by atoms with Crippen LogP contribution in [0.15, 0.2) is 48.2 Å². The molecule has 0 amide bonds. The Bertz CT molecular complexity index is 1370. The maximum Gasteiger partial charge on any atom is 0.434 e. The van der Waals surface area contributed by atoms with Gasteiger partial charge < -0.3 is 23.0 Å². The monoisotopic (exact) mass is 586 g/mol. The number of halogens is 6. The molecule has 38 heavy (non-hydrogen) atoms. The number of likely N-dealkylation sites (N-methyl/N-ethyl adjacent to an activating group) is 1. The number of hydrogen-bond acceptors (Lipinski definition) is 4. The number of alkyl halides is 3. The maximum absolute atomic E-state index is 13.3. The lowest BCUT2D eigenvalue weighted by Crippen LogP contribution is -3.00. The summed E-state index contributed by atoms with van der Waals surface area (Å²) in [6, 6.07) is 10.8. The third-order valence-corrected chi connectivity index (χ3v) is 7.95. The average Bonchev–Trinajstić information content (AvgIpc) is 3.37. The van der Waals surface area contributed by atoms with Crippen LogP contribution in [0.1, 0.15) is 23.2 Å². The van der Waals surface area contributed by atoms with Crippen molar-refractivity contribution in [2.24, 2.45) is 7.05 Å². The highest BCUT2D eigenvalue weighted by Gasteiger charge is 2.38. The van der Waals surface area contributed by atoms with Gasteiger partial charge in [-0.15, -0.1) is 9.36 Å². The molecule has 1 unspecified atom stereocenters. The van der Waals surface area contributed by atoms with Crippen molar-refractivity contribution < 1.29 is 30.3 Å². The van der Waals surface area contributed by atoms with Gasteiger partial charge in [0.15, 0.2) is 24.3 Å². The lowest BCUT2D eigenvalue weighted by Gasteiger charge is -2.36. The molecule has 1 aromatic carbocycles. The second kappa shape index (κ2) is 11.0. The fourth-order valence-corrected chi connectivity index (χ4v) is 5.71. The largest absolute Gasteiger partial charge is 1.00 e. The highest BCUT2D eigenvalue weighted by Crippen LogP contribution is 2.42. The van der Waals surface area contributed by atoms with E-state index in [1.807, 2.05) is 30.1 Å². The number of nitrogens with zero attached hydrogens (tertiary/aromatic N) is 5. The van der Waals surface area contributed by atoms with E-state index in [0.717, 1.165) is 24.4 Å². The van der Waals surface area contributed by atoms with E-state index in [0.29, 0.717) is 25.5 Å². The summed E-state index contributed by atoms with van der Waals surface area (Å²) < 4.78 is 44.0. The topological polar surface area (TPSA) is 54.2 Å². The van der Waals surface area contributed by atoms with Crippen molar-refractivity contribution in [2.75, 3.05) is 37.3 Å². The van der Waals surface area contributed by atoms with E-state index in [1.54, 1.807) is 11.9 Å². The summed E-state index contributed by atoms with van der Waals surface area (Å²) >= 11 is 12.1. The molecule has 0 saturated carbocycles. The molecule has 0 spiro atoms. The Morgan fingerprint density at radius 1 is 1.18 bits per heavy atom. The molecule has 1 aliphatic carbocycles. The molecular formula is C26H28Cl3F3N6. The summed E-state index contributed by atoms with van der Waals surface area (Å²) in [7, 11) is 3.68. The first-order valence-corrected chi connectivity index (χ1v) is 12.8. The third kappa shape index (κ3) is 5.47. The van der Waals surface area contributed by atoms with E-state index in [9.17, 15) is 13.2 Å². The number of anilines is 2. The van der Waals surface area contributed by atoms with Crippen molar-refractivity contribution in [1.82, 2.24) is 14.6 Å². The molecular weight excluding hydrogens is 560 g/mol. The molecule has 2 aliphatic rings. The molecule has 0 bridgehead atoms. The molecule has 2 aromatic heterocycles. The quantitative estimate of drug-likeness (QED) is 0.448. The Kier molecular flexibility index (Phi) is 8.23. The van der Waals surface area contributed by atoms with Gasteiger partial charge in [-0.3, -0.25) is 4.90 Å². The lowest BCUT2D eigenvalue weighted by molar-refractivity contribution is -0.774. The number of rotatable bonds is 6. The van der Waals surface area contributed by atoms with Gasteiger partial charge in [0.05, 0.1) is 24.2 Å². The summed E-state index contributed by atoms with van der Waals surface area (Å²) in [5.41, 5.74) is 10.2. The van der Waals surface area contributed by atoms with Gasteiger partial charge in [0.2, 0.25) is 0 Å². The summed E-state index contributed by atoms with van der Waals surface area (Å²) in [6.07, 6.45) is -0.889. The second-order valence-electron chi connectivity index (χ2n) is 9.59. The highest BCUT2D eigenvalue weighted by atomic mass is 35.5. The van der Waals surface area contributed by atoms with Gasteiger partial charge in [0.1, 0.15) is 5.82 Å². The zero-order valence-electron chi connectivity index (χ0n) is 20.9. The van der Waals surface area contributed by atoms with Crippen LogP contribution in [0.2, 0.25) is 10.0 Å². The zero-order valence-corrected chi connectivity index (χ0v) is 23.2. The molecule has 3 heterocycles. The van der Waals surface area contributed by atoms with Crippen molar-refractivity contribution in [2.45, 2.75) is 31.6 Å². The Hall–Kier alpha value is -2.46. The Labute approximate surface area is 235 Å². The van der Waals surface area contributed by atoms with Crippen LogP contribution in [-0.4, -0.2) is 47.3 Å². The number of aromatic nitrogens is 3. The smallest absolute Gasteiger partial charge is 0.434 e. The van der Waals surface area contributed by atoms with Gasteiger partial charge in [-0.05, 0) is 59.4 Å². The first kappa shape index (κ1) is 28.5. The van der Waals surface area contributed by atoms with E-state index in [-0.39, 0.29) is 24.3 Å². The van der Waals surface area contributed by atoms with Crippen molar-refractivity contribution in [3.63, 3.8) is 0 Å². The lowest BCUT2D eigenvalue weighted by atomic mass is 9.92. The molecule has 1 atom stereocenters. The van der Waals surface area contributed by atoms with Crippen LogP contribution in [0.4, 0.5) is 24.8 Å². The number of fused-ring (bicyclic) bond motifs is 2. The second-order valence-corrected chi connectivity index (χ2v) is 10.4. The van der Waals surface area contributed by atoms with Crippen molar-refractivity contribution in [1.29, 1.82) is 0 Å². The van der Waals surface area contributed by atoms with Gasteiger partial charge in [-0.25, -0.2) is 4.98 Å². The van der Waals surface area contributed by atoms with Gasteiger partial charge in [0, 0.05) is 31.7 Å². The van der Waals surface area contributed by atoms with Crippen LogP contribution in [0.5, 0.6) is 0 Å². The number of hydrogen-bond donors (Lipinski definition) is 1. The van der Waals surface area contributed by atoms with E-state index >= 15 is 0 Å². The predicted octanol–water partition coefficient (Wildman–Crippen LogP) is 1.84. The molecule has 3 aromatic rings. The van der Waals surface area contributed by atoms with Crippen LogP contribution in [0.3, 0.4) is 0 Å². The summed E-state index contributed by atoms with van der Waals surface area (Å²) in [5.74, 6) is 0.907. The van der Waals surface area contributed by atoms with Gasteiger partial charge in [-0.1, -0.05) is 29.3 Å². The molecule has 6 nitrogen and oxygen atoms in total. The number of benzene rings is 1. The van der Waals surface area contributed by atoms with Crippen LogP contribution in [0, 0.1) is 0 Å². The average molecular weight is 588 g/mol. The minimum atomic E-state index is -4.61. The normalized spacial score (nSPS) is 17.3. The van der Waals surface area contributed by atoms with E-state index < -0.39 is 16.9 Å². The molecule has 0 radical (unpaired) electrons. The molecule has 0 saturated heterocycles.